The van der Waals surface area contributed by atoms with Gasteiger partial charge < -0.3 is 9.47 Å². The molecule has 3 aromatic rings. The first kappa shape index (κ1) is 24.1. The van der Waals surface area contributed by atoms with Crippen molar-refractivity contribution in [2.45, 2.75) is 32.0 Å². The van der Waals surface area contributed by atoms with Crippen molar-refractivity contribution in [3.05, 3.63) is 88.7 Å². The summed E-state index contributed by atoms with van der Waals surface area (Å²) in [4.78, 5) is 0. The van der Waals surface area contributed by atoms with E-state index in [1.165, 1.54) is 12.1 Å². The van der Waals surface area contributed by atoms with Crippen molar-refractivity contribution in [1.29, 1.82) is 0 Å². The largest absolute Gasteiger partial charge is 0.429 e. The van der Waals surface area contributed by atoms with Gasteiger partial charge in [0.15, 0.2) is 17.5 Å². The second-order valence-electron chi connectivity index (χ2n) is 8.26. The molecule has 180 valence electrons. The highest BCUT2D eigenvalue weighted by molar-refractivity contribution is 5.66. The van der Waals surface area contributed by atoms with E-state index in [-0.39, 0.29) is 17.7 Å². The summed E-state index contributed by atoms with van der Waals surface area (Å²) in [5.41, 5.74) is -0.783. The van der Waals surface area contributed by atoms with Crippen LogP contribution in [0.2, 0.25) is 0 Å². The van der Waals surface area contributed by atoms with Crippen molar-refractivity contribution in [2.24, 2.45) is 5.92 Å². The zero-order chi connectivity index (χ0) is 24.6. The number of ether oxygens (including phenoxy) is 2. The predicted molar refractivity (Wildman–Crippen MR) is 110 cm³/mol. The smallest absolute Gasteiger partial charge is 0.426 e. The van der Waals surface area contributed by atoms with Crippen molar-refractivity contribution in [3.63, 3.8) is 0 Å². The molecule has 0 aliphatic carbocycles. The van der Waals surface area contributed by atoms with Gasteiger partial charge >= 0.3 is 6.11 Å². The zero-order valence-electron chi connectivity index (χ0n) is 17.9. The molecule has 0 amide bonds. The van der Waals surface area contributed by atoms with E-state index in [4.69, 9.17) is 4.74 Å². The highest BCUT2D eigenvalue weighted by Crippen LogP contribution is 2.37. The van der Waals surface area contributed by atoms with Crippen LogP contribution in [0.5, 0.6) is 5.75 Å². The lowest BCUT2D eigenvalue weighted by Crippen LogP contribution is -2.22. The van der Waals surface area contributed by atoms with Gasteiger partial charge in [-0.25, -0.2) is 22.0 Å². The van der Waals surface area contributed by atoms with Gasteiger partial charge in [0.05, 0.1) is 17.2 Å². The molecule has 3 aromatic carbocycles. The molecule has 1 fully saturated rings. The van der Waals surface area contributed by atoms with Gasteiger partial charge in [-0.15, -0.1) is 0 Å². The Morgan fingerprint density at radius 1 is 0.824 bits per heavy atom. The van der Waals surface area contributed by atoms with Crippen molar-refractivity contribution in [2.75, 3.05) is 6.61 Å². The highest BCUT2D eigenvalue weighted by Gasteiger charge is 2.35. The van der Waals surface area contributed by atoms with Gasteiger partial charge in [-0.2, -0.15) is 8.78 Å². The molecule has 0 aromatic heterocycles. The standard InChI is InChI=1S/C25H19F7O2/c1-13-2-7-22(33-12-13)15-8-18(26)23(19(27)9-15)14-3-5-16(6-4-14)25(31,32)34-17-10-20(28)24(30)21(29)11-17/h3-6,8-11,13,22H,2,7,12H2,1H3. The van der Waals surface area contributed by atoms with E-state index in [1.54, 1.807) is 0 Å². The number of hydrogen-bond donors (Lipinski definition) is 0. The molecular weight excluding hydrogens is 465 g/mol. The third-order valence-electron chi connectivity index (χ3n) is 5.65. The molecule has 1 heterocycles. The van der Waals surface area contributed by atoms with Crippen molar-refractivity contribution in [1.82, 2.24) is 0 Å². The molecule has 9 heteroatoms. The molecule has 0 saturated carbocycles. The number of hydrogen-bond acceptors (Lipinski definition) is 2. The summed E-state index contributed by atoms with van der Waals surface area (Å²) < 4.78 is 108. The van der Waals surface area contributed by atoms with Gasteiger partial charge in [0.2, 0.25) is 0 Å². The lowest BCUT2D eigenvalue weighted by atomic mass is 9.94. The fourth-order valence-corrected chi connectivity index (χ4v) is 3.83. The molecule has 0 bridgehead atoms. The highest BCUT2D eigenvalue weighted by atomic mass is 19.3. The van der Waals surface area contributed by atoms with Crippen LogP contribution in [0.25, 0.3) is 11.1 Å². The fraction of sp³-hybridized carbons (Fsp3) is 0.280. The van der Waals surface area contributed by atoms with Crippen LogP contribution in [0.1, 0.15) is 37.0 Å². The van der Waals surface area contributed by atoms with E-state index in [0.29, 0.717) is 24.5 Å². The van der Waals surface area contributed by atoms with Crippen molar-refractivity contribution >= 4 is 0 Å². The SMILES string of the molecule is CC1CCC(c2cc(F)c(-c3ccc(C(F)(F)Oc4cc(F)c(F)c(F)c4)cc3)c(F)c2)OC1. The molecule has 34 heavy (non-hydrogen) atoms. The predicted octanol–water partition coefficient (Wildman–Crippen LogP) is 7.67. The first-order chi connectivity index (χ1) is 16.0. The minimum Gasteiger partial charge on any atom is -0.429 e. The molecule has 1 aliphatic rings. The molecule has 2 nitrogen and oxygen atoms in total. The monoisotopic (exact) mass is 484 g/mol. The fourth-order valence-electron chi connectivity index (χ4n) is 3.83. The molecule has 2 unspecified atom stereocenters. The number of halogens is 7. The zero-order valence-corrected chi connectivity index (χ0v) is 17.9. The van der Waals surface area contributed by atoms with Crippen LogP contribution >= 0.6 is 0 Å². The van der Waals surface area contributed by atoms with E-state index < -0.39 is 58.2 Å². The first-order valence-electron chi connectivity index (χ1n) is 10.5. The average molecular weight is 484 g/mol. The summed E-state index contributed by atoms with van der Waals surface area (Å²) in [6, 6.07) is 6.77. The lowest BCUT2D eigenvalue weighted by molar-refractivity contribution is -0.185. The quantitative estimate of drug-likeness (QED) is 0.273. The van der Waals surface area contributed by atoms with Crippen LogP contribution in [-0.4, -0.2) is 6.61 Å². The molecule has 4 rings (SSSR count). The van der Waals surface area contributed by atoms with Crippen LogP contribution in [0, 0.1) is 35.0 Å². The molecule has 0 spiro atoms. The van der Waals surface area contributed by atoms with Gasteiger partial charge in [-0.1, -0.05) is 19.1 Å². The Bertz CT molecular complexity index is 1140. The number of alkyl halides is 2. The summed E-state index contributed by atoms with van der Waals surface area (Å²) in [6.45, 7) is 2.51. The summed E-state index contributed by atoms with van der Waals surface area (Å²) in [7, 11) is 0. The maximum atomic E-state index is 14.8. The second-order valence-corrected chi connectivity index (χ2v) is 8.26. The van der Waals surface area contributed by atoms with Gasteiger partial charge in [0.1, 0.15) is 17.4 Å². The molecular formula is C25H19F7O2. The third-order valence-corrected chi connectivity index (χ3v) is 5.65. The van der Waals surface area contributed by atoms with Crippen molar-refractivity contribution in [3.8, 4) is 16.9 Å². The van der Waals surface area contributed by atoms with Gasteiger partial charge in [-0.05, 0) is 54.2 Å². The third kappa shape index (κ3) is 4.89. The minimum atomic E-state index is -4.06. The molecule has 0 N–H and O–H groups in total. The number of rotatable bonds is 5. The van der Waals surface area contributed by atoms with Crippen molar-refractivity contribution < 1.29 is 40.2 Å². The van der Waals surface area contributed by atoms with Crippen LogP contribution in [0.4, 0.5) is 30.7 Å². The lowest BCUT2D eigenvalue weighted by Gasteiger charge is -2.27. The Kier molecular flexibility index (Phi) is 6.58. The van der Waals surface area contributed by atoms with Gasteiger partial charge in [0, 0.05) is 18.7 Å². The van der Waals surface area contributed by atoms with Crippen LogP contribution in [0.15, 0.2) is 48.5 Å². The second kappa shape index (κ2) is 9.29. The Balaban J connectivity index is 1.56. The molecule has 2 atom stereocenters. The maximum Gasteiger partial charge on any atom is 0.426 e. The van der Waals surface area contributed by atoms with Crippen LogP contribution < -0.4 is 4.74 Å². The van der Waals surface area contributed by atoms with Gasteiger partial charge in [-0.3, -0.25) is 0 Å². The normalized spacial score (nSPS) is 18.7. The summed E-state index contributed by atoms with van der Waals surface area (Å²) in [6.07, 6.45) is -2.99. The molecule has 1 aliphatic heterocycles. The van der Waals surface area contributed by atoms with E-state index in [2.05, 4.69) is 4.74 Å². The Morgan fingerprint density at radius 3 is 1.94 bits per heavy atom. The Hall–Kier alpha value is -3.07. The van der Waals surface area contributed by atoms with E-state index in [0.717, 1.165) is 30.7 Å². The van der Waals surface area contributed by atoms with Gasteiger partial charge in [0.25, 0.3) is 0 Å². The molecule has 1 saturated heterocycles. The van der Waals surface area contributed by atoms with E-state index >= 15 is 0 Å². The Morgan fingerprint density at radius 2 is 1.41 bits per heavy atom. The minimum absolute atomic E-state index is 0.00171. The topological polar surface area (TPSA) is 18.5 Å². The summed E-state index contributed by atoms with van der Waals surface area (Å²) >= 11 is 0. The van der Waals surface area contributed by atoms with E-state index in [9.17, 15) is 30.7 Å². The first-order valence-corrected chi connectivity index (χ1v) is 10.5. The summed E-state index contributed by atoms with van der Waals surface area (Å²) in [5, 5.41) is 0. The molecule has 0 radical (unpaired) electrons. The average Bonchev–Trinajstić information content (AvgIpc) is 2.77. The number of benzene rings is 3. The summed E-state index contributed by atoms with van der Waals surface area (Å²) in [5.74, 6) is -7.51. The maximum absolute atomic E-state index is 14.8. The van der Waals surface area contributed by atoms with Crippen LogP contribution in [-0.2, 0) is 10.8 Å². The van der Waals surface area contributed by atoms with E-state index in [1.807, 2.05) is 6.92 Å². The Labute approximate surface area is 190 Å². The van der Waals surface area contributed by atoms with Crippen LogP contribution in [0.3, 0.4) is 0 Å².